The molecule has 1 nitrogen and oxygen atoms in total. The van der Waals surface area contributed by atoms with E-state index in [0.29, 0.717) is 6.04 Å². The molecule has 0 bridgehead atoms. The Morgan fingerprint density at radius 2 is 2.12 bits per heavy atom. The molecule has 17 heavy (non-hydrogen) atoms. The average Bonchev–Trinajstić information content (AvgIpc) is 2.82. The van der Waals surface area contributed by atoms with Crippen LogP contribution in [-0.2, 0) is 5.41 Å². The third-order valence-corrected chi connectivity index (χ3v) is 3.85. The molecule has 0 amide bonds. The van der Waals surface area contributed by atoms with Gasteiger partial charge in [0.2, 0.25) is 0 Å². The van der Waals surface area contributed by atoms with Gasteiger partial charge < -0.3 is 5.32 Å². The lowest BCUT2D eigenvalue weighted by Crippen LogP contribution is -2.28. The first-order valence-electron chi connectivity index (χ1n) is 6.49. The minimum absolute atomic E-state index is 0.227. The van der Waals surface area contributed by atoms with Gasteiger partial charge in [-0.15, -0.1) is 11.8 Å². The second-order valence-electron chi connectivity index (χ2n) is 4.94. The predicted molar refractivity (Wildman–Crippen MR) is 72.9 cm³/mol. The van der Waals surface area contributed by atoms with Crippen LogP contribution < -0.4 is 5.32 Å². The number of rotatable bonds is 3. The monoisotopic (exact) mass is 227 g/mol. The Morgan fingerprint density at radius 3 is 2.71 bits per heavy atom. The number of benzene rings is 1. The molecule has 1 N–H and O–H groups in total. The van der Waals surface area contributed by atoms with Crippen molar-refractivity contribution in [1.82, 2.24) is 5.32 Å². The molecule has 1 aromatic carbocycles. The fourth-order valence-electron chi connectivity index (χ4n) is 2.75. The number of hydrogen-bond acceptors (Lipinski definition) is 1. The molecule has 1 fully saturated rings. The summed E-state index contributed by atoms with van der Waals surface area (Å²) >= 11 is 0. The maximum absolute atomic E-state index is 3.64. The van der Waals surface area contributed by atoms with Crippen LogP contribution in [-0.4, -0.2) is 12.6 Å². The van der Waals surface area contributed by atoms with Gasteiger partial charge in [0.25, 0.3) is 0 Å². The second kappa shape index (κ2) is 5.38. The molecule has 1 aromatic rings. The van der Waals surface area contributed by atoms with Gasteiger partial charge in [-0.1, -0.05) is 37.3 Å². The van der Waals surface area contributed by atoms with Crippen LogP contribution in [0.2, 0.25) is 0 Å². The molecule has 0 saturated carbocycles. The molecule has 1 heterocycles. The molecule has 90 valence electrons. The molecule has 1 aliphatic heterocycles. The van der Waals surface area contributed by atoms with E-state index in [1.54, 1.807) is 0 Å². The van der Waals surface area contributed by atoms with Crippen LogP contribution >= 0.6 is 0 Å². The van der Waals surface area contributed by atoms with Gasteiger partial charge in [0.15, 0.2) is 0 Å². The minimum Gasteiger partial charge on any atom is -0.313 e. The zero-order valence-corrected chi connectivity index (χ0v) is 10.8. The first kappa shape index (κ1) is 12.2. The number of hydrogen-bond donors (Lipinski definition) is 1. The zero-order chi connectivity index (χ0) is 12.1. The first-order valence-corrected chi connectivity index (χ1v) is 6.49. The highest BCUT2D eigenvalue weighted by Crippen LogP contribution is 2.37. The van der Waals surface area contributed by atoms with E-state index in [-0.39, 0.29) is 5.41 Å². The minimum atomic E-state index is 0.227. The van der Waals surface area contributed by atoms with Gasteiger partial charge in [-0.2, -0.15) is 0 Å². The molecule has 2 rings (SSSR count). The van der Waals surface area contributed by atoms with Crippen molar-refractivity contribution in [3.63, 3.8) is 0 Å². The van der Waals surface area contributed by atoms with Crippen LogP contribution in [0.25, 0.3) is 0 Å². The van der Waals surface area contributed by atoms with Crippen molar-refractivity contribution in [2.24, 2.45) is 0 Å². The molecule has 0 aromatic heterocycles. The molecular weight excluding hydrogens is 206 g/mol. The van der Waals surface area contributed by atoms with Crippen LogP contribution in [0.15, 0.2) is 30.3 Å². The van der Waals surface area contributed by atoms with Crippen molar-refractivity contribution >= 4 is 0 Å². The van der Waals surface area contributed by atoms with Gasteiger partial charge in [0, 0.05) is 24.4 Å². The van der Waals surface area contributed by atoms with Crippen molar-refractivity contribution in [2.75, 3.05) is 6.54 Å². The van der Waals surface area contributed by atoms with Gasteiger partial charge in [-0.25, -0.2) is 0 Å². The number of nitrogens with one attached hydrogen (secondary N) is 1. The van der Waals surface area contributed by atoms with E-state index in [9.17, 15) is 0 Å². The smallest absolute Gasteiger partial charge is 0.0202 e. The fraction of sp³-hybridized carbons (Fsp3) is 0.500. The average molecular weight is 227 g/mol. The first-order chi connectivity index (χ1) is 8.30. The quantitative estimate of drug-likeness (QED) is 0.782. The summed E-state index contributed by atoms with van der Waals surface area (Å²) in [6, 6.07) is 11.5. The summed E-state index contributed by atoms with van der Waals surface area (Å²) < 4.78 is 0. The van der Waals surface area contributed by atoms with E-state index < -0.39 is 0 Å². The highest BCUT2D eigenvalue weighted by Gasteiger charge is 2.38. The molecule has 0 unspecified atom stereocenters. The Morgan fingerprint density at radius 1 is 1.35 bits per heavy atom. The van der Waals surface area contributed by atoms with Crippen molar-refractivity contribution < 1.29 is 0 Å². The molecule has 0 aliphatic carbocycles. The van der Waals surface area contributed by atoms with Crippen molar-refractivity contribution in [1.29, 1.82) is 0 Å². The van der Waals surface area contributed by atoms with Crippen LogP contribution in [0.5, 0.6) is 0 Å². The third kappa shape index (κ3) is 2.53. The van der Waals surface area contributed by atoms with E-state index >= 15 is 0 Å². The lowest BCUT2D eigenvalue weighted by Gasteiger charge is -2.27. The Labute approximate surface area is 105 Å². The van der Waals surface area contributed by atoms with Crippen molar-refractivity contribution in [2.45, 2.75) is 44.6 Å². The summed E-state index contributed by atoms with van der Waals surface area (Å²) in [4.78, 5) is 0. The summed E-state index contributed by atoms with van der Waals surface area (Å²) in [5.41, 5.74) is 1.66. The van der Waals surface area contributed by atoms with E-state index in [1.165, 1.54) is 18.4 Å². The molecular formula is C16H21N. The summed E-state index contributed by atoms with van der Waals surface area (Å²) in [7, 11) is 0. The van der Waals surface area contributed by atoms with Crippen LogP contribution in [0.4, 0.5) is 0 Å². The van der Waals surface area contributed by atoms with Gasteiger partial charge >= 0.3 is 0 Å². The Bertz CT molecular complexity index is 412. The predicted octanol–water partition coefficient (Wildman–Crippen LogP) is 3.11. The highest BCUT2D eigenvalue weighted by molar-refractivity contribution is 5.30. The van der Waals surface area contributed by atoms with E-state index in [1.807, 2.05) is 6.92 Å². The maximum Gasteiger partial charge on any atom is 0.0202 e. The van der Waals surface area contributed by atoms with Gasteiger partial charge in [0.05, 0.1) is 0 Å². The topological polar surface area (TPSA) is 12.0 Å². The summed E-state index contributed by atoms with van der Waals surface area (Å²) in [6.07, 6.45) is 3.38. The van der Waals surface area contributed by atoms with Gasteiger partial charge in [-0.3, -0.25) is 0 Å². The zero-order valence-electron chi connectivity index (χ0n) is 10.8. The lowest BCUT2D eigenvalue weighted by molar-refractivity contribution is 0.466. The van der Waals surface area contributed by atoms with E-state index in [4.69, 9.17) is 0 Å². The molecule has 0 spiro atoms. The van der Waals surface area contributed by atoms with Crippen LogP contribution in [0, 0.1) is 11.8 Å². The fourth-order valence-corrected chi connectivity index (χ4v) is 2.75. The van der Waals surface area contributed by atoms with Crippen LogP contribution in [0.3, 0.4) is 0 Å². The maximum atomic E-state index is 3.64. The molecule has 1 aliphatic rings. The lowest BCUT2D eigenvalue weighted by atomic mass is 9.76. The SMILES string of the molecule is CC#CC[C@@]1(c2ccccc2)CN[C@@H](CC)C1. The van der Waals surface area contributed by atoms with Crippen molar-refractivity contribution in [3.8, 4) is 11.8 Å². The summed E-state index contributed by atoms with van der Waals surface area (Å²) in [5.74, 6) is 6.33. The largest absolute Gasteiger partial charge is 0.313 e. The highest BCUT2D eigenvalue weighted by atomic mass is 15.0. The Hall–Kier alpha value is -1.26. The van der Waals surface area contributed by atoms with Gasteiger partial charge in [-0.05, 0) is 25.3 Å². The second-order valence-corrected chi connectivity index (χ2v) is 4.94. The van der Waals surface area contributed by atoms with E-state index in [2.05, 4.69) is 54.4 Å². The summed E-state index contributed by atoms with van der Waals surface area (Å²) in [6.45, 7) is 5.24. The normalized spacial score (nSPS) is 27.5. The van der Waals surface area contributed by atoms with Crippen LogP contribution in [0.1, 0.15) is 38.7 Å². The van der Waals surface area contributed by atoms with Crippen molar-refractivity contribution in [3.05, 3.63) is 35.9 Å². The van der Waals surface area contributed by atoms with Gasteiger partial charge in [0.1, 0.15) is 0 Å². The third-order valence-electron chi connectivity index (χ3n) is 3.85. The Balaban J connectivity index is 2.27. The molecule has 1 saturated heterocycles. The molecule has 1 heteroatoms. The molecule has 0 radical (unpaired) electrons. The Kier molecular flexibility index (Phi) is 3.86. The molecule has 2 atom stereocenters. The summed E-state index contributed by atoms with van der Waals surface area (Å²) in [5, 5.41) is 3.64. The standard InChI is InChI=1S/C16H21N/c1-3-5-11-16(12-15(4-2)17-13-16)14-9-7-6-8-10-14/h6-10,15,17H,4,11-13H2,1-2H3/t15-,16-/m0/s1. The van der Waals surface area contributed by atoms with E-state index in [0.717, 1.165) is 13.0 Å².